The lowest BCUT2D eigenvalue weighted by Gasteiger charge is -2.09. The summed E-state index contributed by atoms with van der Waals surface area (Å²) >= 11 is 5.71. The molecule has 116 valence electrons. The van der Waals surface area contributed by atoms with Crippen molar-refractivity contribution in [1.82, 2.24) is 15.3 Å². The molecule has 0 atom stereocenters. The van der Waals surface area contributed by atoms with E-state index in [-0.39, 0.29) is 22.6 Å². The second-order valence-corrected chi connectivity index (χ2v) is 5.53. The maximum atomic E-state index is 13.1. The molecule has 1 heterocycles. The zero-order valence-electron chi connectivity index (χ0n) is 12.2. The average Bonchev–Trinajstić information content (AvgIpc) is 2.49. The third kappa shape index (κ3) is 4.39. The van der Waals surface area contributed by atoms with Crippen LogP contribution in [0.25, 0.3) is 0 Å². The van der Waals surface area contributed by atoms with Gasteiger partial charge in [-0.25, -0.2) is 14.4 Å². The number of aromatic nitrogens is 2. The quantitative estimate of drug-likeness (QED) is 0.885. The number of nitrogens with one attached hydrogen (secondary N) is 2. The second kappa shape index (κ2) is 7.17. The topological polar surface area (TPSA) is 66.9 Å². The fourth-order valence-corrected chi connectivity index (χ4v) is 1.82. The first-order valence-corrected chi connectivity index (χ1v) is 7.17. The Morgan fingerprint density at radius 2 is 2.14 bits per heavy atom. The summed E-state index contributed by atoms with van der Waals surface area (Å²) in [6.07, 6.45) is 1.48. The first kappa shape index (κ1) is 16.2. The molecule has 2 rings (SSSR count). The molecule has 0 unspecified atom stereocenters. The van der Waals surface area contributed by atoms with E-state index in [1.807, 2.05) is 13.8 Å². The third-order valence-electron chi connectivity index (χ3n) is 2.73. The molecule has 1 aromatic carbocycles. The van der Waals surface area contributed by atoms with E-state index in [0.717, 1.165) is 0 Å². The zero-order valence-corrected chi connectivity index (χ0v) is 13.0. The van der Waals surface area contributed by atoms with Gasteiger partial charge in [0.25, 0.3) is 5.91 Å². The van der Waals surface area contributed by atoms with Crippen LogP contribution in [0.3, 0.4) is 0 Å². The van der Waals surface area contributed by atoms with Crippen molar-refractivity contribution in [2.45, 2.75) is 13.8 Å². The minimum Gasteiger partial charge on any atom is -0.350 e. The molecule has 0 aliphatic carbocycles. The summed E-state index contributed by atoms with van der Waals surface area (Å²) < 4.78 is 13.1. The van der Waals surface area contributed by atoms with E-state index in [4.69, 9.17) is 11.6 Å². The highest BCUT2D eigenvalue weighted by Crippen LogP contribution is 2.21. The number of carbonyl (C=O) groups is 1. The minimum absolute atomic E-state index is 0.00386. The van der Waals surface area contributed by atoms with Gasteiger partial charge in [-0.3, -0.25) is 4.79 Å². The largest absolute Gasteiger partial charge is 0.350 e. The van der Waals surface area contributed by atoms with Crippen LogP contribution in [0.2, 0.25) is 5.02 Å². The van der Waals surface area contributed by atoms with Crippen molar-refractivity contribution >= 4 is 29.1 Å². The van der Waals surface area contributed by atoms with E-state index in [2.05, 4.69) is 20.6 Å². The van der Waals surface area contributed by atoms with Crippen molar-refractivity contribution in [2.75, 3.05) is 11.9 Å². The Labute approximate surface area is 132 Å². The van der Waals surface area contributed by atoms with Crippen LogP contribution in [-0.2, 0) is 0 Å². The van der Waals surface area contributed by atoms with Gasteiger partial charge in [-0.2, -0.15) is 0 Å². The Kier molecular flexibility index (Phi) is 5.27. The number of amides is 1. The van der Waals surface area contributed by atoms with Crippen LogP contribution in [0.4, 0.5) is 16.0 Å². The normalized spacial score (nSPS) is 10.6. The van der Waals surface area contributed by atoms with E-state index in [0.29, 0.717) is 18.2 Å². The molecule has 0 bridgehead atoms. The Morgan fingerprint density at radius 3 is 2.82 bits per heavy atom. The van der Waals surface area contributed by atoms with Gasteiger partial charge in [-0.1, -0.05) is 25.4 Å². The number of rotatable bonds is 5. The van der Waals surface area contributed by atoms with Crippen LogP contribution < -0.4 is 10.6 Å². The number of halogens is 2. The van der Waals surface area contributed by atoms with Gasteiger partial charge in [0.1, 0.15) is 11.5 Å². The predicted molar refractivity (Wildman–Crippen MR) is 83.9 cm³/mol. The van der Waals surface area contributed by atoms with E-state index >= 15 is 0 Å². The summed E-state index contributed by atoms with van der Waals surface area (Å²) in [5.41, 5.74) is 0.789. The van der Waals surface area contributed by atoms with E-state index < -0.39 is 5.82 Å². The highest BCUT2D eigenvalue weighted by Gasteiger charge is 2.09. The van der Waals surface area contributed by atoms with Crippen LogP contribution in [0.5, 0.6) is 0 Å². The molecule has 0 saturated heterocycles. The van der Waals surface area contributed by atoms with Crippen LogP contribution in [0, 0.1) is 11.7 Å². The molecule has 1 amide bonds. The maximum absolute atomic E-state index is 13.1. The molecule has 1 aromatic heterocycles. The smallest absolute Gasteiger partial charge is 0.270 e. The highest BCUT2D eigenvalue weighted by atomic mass is 35.5. The Hall–Kier alpha value is -2.21. The van der Waals surface area contributed by atoms with Gasteiger partial charge >= 0.3 is 0 Å². The monoisotopic (exact) mass is 322 g/mol. The molecule has 2 aromatic rings. The summed E-state index contributed by atoms with van der Waals surface area (Å²) in [7, 11) is 0. The van der Waals surface area contributed by atoms with Crippen LogP contribution in [0.15, 0.2) is 30.5 Å². The highest BCUT2D eigenvalue weighted by molar-refractivity contribution is 6.31. The lowest BCUT2D eigenvalue weighted by atomic mass is 10.2. The van der Waals surface area contributed by atoms with Crippen molar-refractivity contribution in [2.24, 2.45) is 5.92 Å². The lowest BCUT2D eigenvalue weighted by molar-refractivity contribution is 0.0944. The summed E-state index contributed by atoms with van der Waals surface area (Å²) in [6, 6.07) is 5.70. The molecule has 0 saturated carbocycles. The number of hydrogen-bond acceptors (Lipinski definition) is 4. The Morgan fingerprint density at radius 1 is 1.36 bits per heavy atom. The van der Waals surface area contributed by atoms with Crippen molar-refractivity contribution in [3.63, 3.8) is 0 Å². The van der Waals surface area contributed by atoms with Crippen LogP contribution in [0.1, 0.15) is 24.3 Å². The molecule has 5 nitrogen and oxygen atoms in total. The molecular weight excluding hydrogens is 307 g/mol. The Bertz CT molecular complexity index is 678. The fraction of sp³-hybridized carbons (Fsp3) is 0.267. The summed E-state index contributed by atoms with van der Waals surface area (Å²) in [5.74, 6) is -0.184. The van der Waals surface area contributed by atoms with E-state index in [1.165, 1.54) is 30.5 Å². The molecule has 0 spiro atoms. The van der Waals surface area contributed by atoms with Crippen molar-refractivity contribution in [3.8, 4) is 0 Å². The maximum Gasteiger partial charge on any atom is 0.270 e. The van der Waals surface area contributed by atoms with Gasteiger partial charge in [0.05, 0.1) is 5.02 Å². The minimum atomic E-state index is -0.505. The van der Waals surface area contributed by atoms with Gasteiger partial charge in [0, 0.05) is 18.4 Å². The SMILES string of the molecule is CC(C)CNC(=O)c1ccnc(Nc2ccc(F)c(Cl)c2)n1. The van der Waals surface area contributed by atoms with E-state index in [1.54, 1.807) is 0 Å². The third-order valence-corrected chi connectivity index (χ3v) is 3.02. The molecule has 0 radical (unpaired) electrons. The van der Waals surface area contributed by atoms with Gasteiger partial charge in [0.15, 0.2) is 0 Å². The summed E-state index contributed by atoms with van der Waals surface area (Å²) in [5, 5.41) is 5.65. The van der Waals surface area contributed by atoms with Gasteiger partial charge < -0.3 is 10.6 Å². The summed E-state index contributed by atoms with van der Waals surface area (Å²) in [4.78, 5) is 20.1. The van der Waals surface area contributed by atoms with Crippen molar-refractivity contribution in [3.05, 3.63) is 47.0 Å². The van der Waals surface area contributed by atoms with Crippen molar-refractivity contribution in [1.29, 1.82) is 0 Å². The van der Waals surface area contributed by atoms with E-state index in [9.17, 15) is 9.18 Å². The molecule has 0 aliphatic rings. The molecular formula is C15H16ClFN4O. The van der Waals surface area contributed by atoms with Crippen molar-refractivity contribution < 1.29 is 9.18 Å². The second-order valence-electron chi connectivity index (χ2n) is 5.12. The number of nitrogens with zero attached hydrogens (tertiary/aromatic N) is 2. The zero-order chi connectivity index (χ0) is 16.1. The fourth-order valence-electron chi connectivity index (χ4n) is 1.64. The molecule has 2 N–H and O–H groups in total. The number of carbonyl (C=O) groups excluding carboxylic acids is 1. The lowest BCUT2D eigenvalue weighted by Crippen LogP contribution is -2.28. The molecule has 22 heavy (non-hydrogen) atoms. The van der Waals surface area contributed by atoms with Gasteiger partial charge in [-0.15, -0.1) is 0 Å². The average molecular weight is 323 g/mol. The number of benzene rings is 1. The number of anilines is 2. The molecule has 0 fully saturated rings. The number of hydrogen-bond donors (Lipinski definition) is 2. The van der Waals surface area contributed by atoms with Crippen LogP contribution in [-0.4, -0.2) is 22.4 Å². The molecule has 7 heteroatoms. The first-order chi connectivity index (χ1) is 10.5. The molecule has 0 aliphatic heterocycles. The predicted octanol–water partition coefficient (Wildman–Crippen LogP) is 3.40. The van der Waals surface area contributed by atoms with Gasteiger partial charge in [-0.05, 0) is 30.2 Å². The summed E-state index contributed by atoms with van der Waals surface area (Å²) in [6.45, 7) is 4.58. The van der Waals surface area contributed by atoms with Crippen LogP contribution >= 0.6 is 11.6 Å². The standard InChI is InChI=1S/C15H16ClFN4O/c1-9(2)8-19-14(22)13-5-6-18-15(21-13)20-10-3-4-12(17)11(16)7-10/h3-7,9H,8H2,1-2H3,(H,19,22)(H,18,20,21). The van der Waals surface area contributed by atoms with Gasteiger partial charge in [0.2, 0.25) is 5.95 Å². The Balaban J connectivity index is 2.10. The first-order valence-electron chi connectivity index (χ1n) is 6.79.